The van der Waals surface area contributed by atoms with Gasteiger partial charge in [-0.1, -0.05) is 18.1 Å². The number of hydrogen-bond acceptors (Lipinski definition) is 6. The van der Waals surface area contributed by atoms with E-state index in [4.69, 9.17) is 14.2 Å². The number of aromatic nitrogens is 3. The van der Waals surface area contributed by atoms with Gasteiger partial charge in [0.2, 0.25) is 0 Å². The summed E-state index contributed by atoms with van der Waals surface area (Å²) in [4.78, 5) is 25.1. The first-order valence-electron chi connectivity index (χ1n) is 11.3. The molecule has 32 heavy (non-hydrogen) atoms. The zero-order chi connectivity index (χ0) is 22.7. The van der Waals surface area contributed by atoms with Gasteiger partial charge in [-0.3, -0.25) is 4.79 Å². The van der Waals surface area contributed by atoms with Crippen molar-refractivity contribution in [1.29, 1.82) is 0 Å². The lowest BCUT2D eigenvalue weighted by Gasteiger charge is -2.36. The van der Waals surface area contributed by atoms with E-state index < -0.39 is 0 Å². The molecule has 0 bridgehead atoms. The van der Waals surface area contributed by atoms with Crippen molar-refractivity contribution in [2.45, 2.75) is 58.9 Å². The number of nitrogens with zero attached hydrogens (tertiary/aromatic N) is 4. The average Bonchev–Trinajstić information content (AvgIpc) is 3.16. The number of rotatable bonds is 6. The summed E-state index contributed by atoms with van der Waals surface area (Å²) in [5.41, 5.74) is 4.10. The molecule has 0 saturated carbocycles. The predicted molar refractivity (Wildman–Crippen MR) is 122 cm³/mol. The van der Waals surface area contributed by atoms with Gasteiger partial charge in [0, 0.05) is 30.3 Å². The average molecular weight is 435 g/mol. The highest BCUT2D eigenvalue weighted by molar-refractivity contribution is 5.95. The lowest BCUT2D eigenvalue weighted by atomic mass is 9.94. The topological polar surface area (TPSA) is 81.4 Å². The SMILES string of the molecule is CCCc1ncc(-c2onc(C)c2C)c([C@H]2CCCCN2C(=O)c2cccc(OC)c2)n1. The van der Waals surface area contributed by atoms with Gasteiger partial charge in [-0.05, 0) is 57.7 Å². The second kappa shape index (κ2) is 9.51. The summed E-state index contributed by atoms with van der Waals surface area (Å²) >= 11 is 0. The molecule has 3 heterocycles. The number of aryl methyl sites for hydroxylation is 2. The van der Waals surface area contributed by atoms with Gasteiger partial charge >= 0.3 is 0 Å². The van der Waals surface area contributed by atoms with Crippen LogP contribution < -0.4 is 4.74 Å². The van der Waals surface area contributed by atoms with Crippen LogP contribution in [0.2, 0.25) is 0 Å². The highest BCUT2D eigenvalue weighted by Crippen LogP contribution is 2.38. The van der Waals surface area contributed by atoms with E-state index in [2.05, 4.69) is 17.1 Å². The molecule has 1 fully saturated rings. The van der Waals surface area contributed by atoms with Crippen molar-refractivity contribution in [1.82, 2.24) is 20.0 Å². The number of carbonyl (C=O) groups is 1. The molecule has 3 aromatic rings. The number of likely N-dealkylation sites (tertiary alicyclic amines) is 1. The zero-order valence-electron chi connectivity index (χ0n) is 19.2. The molecule has 0 aliphatic carbocycles. The molecule has 1 aliphatic heterocycles. The van der Waals surface area contributed by atoms with Gasteiger partial charge in [-0.25, -0.2) is 9.97 Å². The standard InChI is InChI=1S/C25H30N4O3/c1-5-9-22-26-15-20(24-16(2)17(3)28-32-24)23(27-22)21-12-6-7-13-29(21)25(30)18-10-8-11-19(14-18)31-4/h8,10-11,14-15,21H,5-7,9,12-13H2,1-4H3/t21-/m1/s1. The summed E-state index contributed by atoms with van der Waals surface area (Å²) in [6.45, 7) is 6.71. The smallest absolute Gasteiger partial charge is 0.254 e. The van der Waals surface area contributed by atoms with Crippen molar-refractivity contribution in [3.63, 3.8) is 0 Å². The molecule has 7 heteroatoms. The largest absolute Gasteiger partial charge is 0.497 e. The molecule has 1 atom stereocenters. The monoisotopic (exact) mass is 434 g/mol. The van der Waals surface area contributed by atoms with Crippen molar-refractivity contribution >= 4 is 5.91 Å². The van der Waals surface area contributed by atoms with Crippen molar-refractivity contribution in [3.05, 3.63) is 58.8 Å². The third-order valence-corrected chi connectivity index (χ3v) is 6.14. The number of amides is 1. The van der Waals surface area contributed by atoms with Gasteiger partial charge in [0.1, 0.15) is 11.6 Å². The Hall–Kier alpha value is -3.22. The first kappa shape index (κ1) is 22.0. The molecule has 1 aromatic carbocycles. The maximum absolute atomic E-state index is 13.6. The Bertz CT molecular complexity index is 1110. The first-order chi connectivity index (χ1) is 15.5. The van der Waals surface area contributed by atoms with Crippen LogP contribution in [0, 0.1) is 13.8 Å². The molecule has 4 rings (SSSR count). The van der Waals surface area contributed by atoms with Crippen LogP contribution in [0.15, 0.2) is 35.0 Å². The molecular weight excluding hydrogens is 404 g/mol. The minimum Gasteiger partial charge on any atom is -0.497 e. The fourth-order valence-corrected chi connectivity index (χ4v) is 4.25. The molecule has 0 radical (unpaired) electrons. The summed E-state index contributed by atoms with van der Waals surface area (Å²) < 4.78 is 11.0. The van der Waals surface area contributed by atoms with Crippen molar-refractivity contribution in [2.75, 3.05) is 13.7 Å². The van der Waals surface area contributed by atoms with Crippen molar-refractivity contribution in [2.24, 2.45) is 0 Å². The van der Waals surface area contributed by atoms with E-state index in [-0.39, 0.29) is 11.9 Å². The van der Waals surface area contributed by atoms with Gasteiger partial charge in [0.15, 0.2) is 5.76 Å². The fraction of sp³-hybridized carbons (Fsp3) is 0.440. The van der Waals surface area contributed by atoms with Crippen LogP contribution in [0.1, 0.15) is 71.8 Å². The normalized spacial score (nSPS) is 16.2. The molecule has 2 aromatic heterocycles. The molecule has 7 nitrogen and oxygen atoms in total. The molecule has 1 amide bonds. The number of benzene rings is 1. The third-order valence-electron chi connectivity index (χ3n) is 6.14. The van der Waals surface area contributed by atoms with E-state index in [0.717, 1.165) is 60.4 Å². The Morgan fingerprint density at radius 2 is 2.12 bits per heavy atom. The van der Waals surface area contributed by atoms with Crippen LogP contribution in [0.25, 0.3) is 11.3 Å². The van der Waals surface area contributed by atoms with Gasteiger partial charge in [0.05, 0.1) is 30.1 Å². The van der Waals surface area contributed by atoms with Gasteiger partial charge < -0.3 is 14.2 Å². The highest BCUT2D eigenvalue weighted by atomic mass is 16.5. The maximum atomic E-state index is 13.6. The predicted octanol–water partition coefficient (Wildman–Crippen LogP) is 5.08. The zero-order valence-corrected chi connectivity index (χ0v) is 19.2. The third kappa shape index (κ3) is 4.24. The van der Waals surface area contributed by atoms with Crippen LogP contribution in [0.4, 0.5) is 0 Å². The van der Waals surface area contributed by atoms with E-state index in [1.54, 1.807) is 13.2 Å². The van der Waals surface area contributed by atoms with Crippen LogP contribution in [-0.2, 0) is 6.42 Å². The van der Waals surface area contributed by atoms with E-state index in [0.29, 0.717) is 23.6 Å². The lowest BCUT2D eigenvalue weighted by molar-refractivity contribution is 0.0605. The number of carbonyl (C=O) groups excluding carboxylic acids is 1. The Labute approximate surface area is 188 Å². The number of methoxy groups -OCH3 is 1. The quantitative estimate of drug-likeness (QED) is 0.538. The van der Waals surface area contributed by atoms with E-state index in [1.807, 2.05) is 43.1 Å². The van der Waals surface area contributed by atoms with Crippen molar-refractivity contribution < 1.29 is 14.1 Å². The Morgan fingerprint density at radius 1 is 1.28 bits per heavy atom. The van der Waals surface area contributed by atoms with Gasteiger partial charge in [-0.15, -0.1) is 0 Å². The molecule has 1 saturated heterocycles. The summed E-state index contributed by atoms with van der Waals surface area (Å²) in [5.74, 6) is 2.13. The molecule has 0 N–H and O–H groups in total. The van der Waals surface area contributed by atoms with E-state index >= 15 is 0 Å². The summed E-state index contributed by atoms with van der Waals surface area (Å²) in [6, 6.07) is 7.17. The fourth-order valence-electron chi connectivity index (χ4n) is 4.25. The highest BCUT2D eigenvalue weighted by Gasteiger charge is 2.33. The Kier molecular flexibility index (Phi) is 6.53. The first-order valence-corrected chi connectivity index (χ1v) is 11.3. The second-order valence-corrected chi connectivity index (χ2v) is 8.30. The minimum absolute atomic E-state index is 0.0133. The minimum atomic E-state index is -0.152. The van der Waals surface area contributed by atoms with Crippen LogP contribution >= 0.6 is 0 Å². The molecular formula is C25H30N4O3. The van der Waals surface area contributed by atoms with Crippen LogP contribution in [0.3, 0.4) is 0 Å². The second-order valence-electron chi connectivity index (χ2n) is 8.30. The van der Waals surface area contributed by atoms with E-state index in [9.17, 15) is 4.79 Å². The molecule has 168 valence electrons. The van der Waals surface area contributed by atoms with Crippen LogP contribution in [-0.4, -0.2) is 39.6 Å². The summed E-state index contributed by atoms with van der Waals surface area (Å²) in [7, 11) is 1.61. The lowest BCUT2D eigenvalue weighted by Crippen LogP contribution is -2.39. The van der Waals surface area contributed by atoms with Gasteiger partial charge in [0.25, 0.3) is 5.91 Å². The Morgan fingerprint density at radius 3 is 2.84 bits per heavy atom. The molecule has 0 spiro atoms. The van der Waals surface area contributed by atoms with Crippen LogP contribution in [0.5, 0.6) is 5.75 Å². The van der Waals surface area contributed by atoms with Crippen molar-refractivity contribution in [3.8, 4) is 17.1 Å². The number of hydrogen-bond donors (Lipinski definition) is 0. The van der Waals surface area contributed by atoms with Gasteiger partial charge in [-0.2, -0.15) is 0 Å². The maximum Gasteiger partial charge on any atom is 0.254 e. The number of ether oxygens (including phenoxy) is 1. The number of piperidine rings is 1. The molecule has 0 unspecified atom stereocenters. The summed E-state index contributed by atoms with van der Waals surface area (Å²) in [5, 5.41) is 4.13. The Balaban J connectivity index is 1.79. The molecule has 1 aliphatic rings. The summed E-state index contributed by atoms with van der Waals surface area (Å²) in [6.07, 6.45) is 6.43. The van der Waals surface area contributed by atoms with E-state index in [1.165, 1.54) is 0 Å².